The summed E-state index contributed by atoms with van der Waals surface area (Å²) in [5.74, 6) is 0.908. The van der Waals surface area contributed by atoms with Gasteiger partial charge in [-0.25, -0.2) is 8.42 Å². The van der Waals surface area contributed by atoms with Crippen molar-refractivity contribution in [3.05, 3.63) is 27.9 Å². The molecule has 0 atom stereocenters. The standard InChI is InChI=1S/C13H14N4O3S4/c1-3-6-21-12-15-14-11(23-12)16-24(19,20)8-4-5-9-10(7-8)22-13(18)17(9)2/h4-5,7H,3,6H2,1-2H3,(H,14,16). The number of fused-ring (bicyclic) bond motifs is 1. The summed E-state index contributed by atoms with van der Waals surface area (Å²) >= 11 is 3.76. The van der Waals surface area contributed by atoms with Gasteiger partial charge in [0.05, 0.1) is 15.1 Å². The SMILES string of the molecule is CCCSc1nnc(NS(=O)(=O)c2ccc3c(c2)sc(=O)n3C)s1. The zero-order chi connectivity index (χ0) is 17.3. The molecule has 1 aromatic carbocycles. The molecule has 11 heteroatoms. The van der Waals surface area contributed by atoms with Crippen LogP contribution in [0.2, 0.25) is 0 Å². The van der Waals surface area contributed by atoms with Crippen LogP contribution in [0.25, 0.3) is 10.2 Å². The number of rotatable bonds is 6. The number of thiazole rings is 1. The smallest absolute Gasteiger partial charge is 0.302 e. The van der Waals surface area contributed by atoms with Gasteiger partial charge in [0.1, 0.15) is 0 Å². The maximum Gasteiger partial charge on any atom is 0.307 e. The molecule has 0 aliphatic carbocycles. The van der Waals surface area contributed by atoms with Crippen molar-refractivity contribution >= 4 is 59.8 Å². The van der Waals surface area contributed by atoms with Gasteiger partial charge in [-0.05, 0) is 24.6 Å². The first kappa shape index (κ1) is 17.4. The van der Waals surface area contributed by atoms with Crippen LogP contribution in [-0.4, -0.2) is 28.9 Å². The summed E-state index contributed by atoms with van der Waals surface area (Å²) in [7, 11) is -2.11. The summed E-state index contributed by atoms with van der Waals surface area (Å²) in [6.07, 6.45) is 1.01. The van der Waals surface area contributed by atoms with Gasteiger partial charge in [0.25, 0.3) is 10.0 Å². The lowest BCUT2D eigenvalue weighted by Crippen LogP contribution is -2.12. The van der Waals surface area contributed by atoms with Crippen LogP contribution in [-0.2, 0) is 17.1 Å². The Morgan fingerprint density at radius 2 is 2.08 bits per heavy atom. The van der Waals surface area contributed by atoms with Crippen molar-refractivity contribution < 1.29 is 8.42 Å². The average Bonchev–Trinajstić information content (AvgIpc) is 3.09. The topological polar surface area (TPSA) is 94.0 Å². The first-order valence-corrected chi connectivity index (χ1v) is 11.1. The van der Waals surface area contributed by atoms with Crippen LogP contribution in [0.4, 0.5) is 5.13 Å². The minimum atomic E-state index is -3.77. The summed E-state index contributed by atoms with van der Waals surface area (Å²) in [6.45, 7) is 2.06. The van der Waals surface area contributed by atoms with Crippen molar-refractivity contribution in [1.82, 2.24) is 14.8 Å². The molecule has 2 heterocycles. The predicted octanol–water partition coefficient (Wildman–Crippen LogP) is 2.75. The van der Waals surface area contributed by atoms with Crippen molar-refractivity contribution in [2.24, 2.45) is 7.05 Å². The van der Waals surface area contributed by atoms with E-state index in [0.717, 1.165) is 27.9 Å². The predicted molar refractivity (Wildman–Crippen MR) is 98.8 cm³/mol. The molecule has 128 valence electrons. The molecule has 2 aromatic heterocycles. The number of nitrogens with zero attached hydrogens (tertiary/aromatic N) is 3. The number of thioether (sulfide) groups is 1. The maximum atomic E-state index is 12.5. The maximum absolute atomic E-state index is 12.5. The Morgan fingerprint density at radius 3 is 2.83 bits per heavy atom. The first-order chi connectivity index (χ1) is 11.4. The molecular formula is C13H14N4O3S4. The second kappa shape index (κ2) is 6.82. The van der Waals surface area contributed by atoms with Gasteiger partial charge in [0.15, 0.2) is 4.34 Å². The van der Waals surface area contributed by atoms with Crippen LogP contribution < -0.4 is 9.60 Å². The van der Waals surface area contributed by atoms with Gasteiger partial charge in [0.2, 0.25) is 5.13 Å². The van der Waals surface area contributed by atoms with Crippen molar-refractivity contribution in [1.29, 1.82) is 0 Å². The zero-order valence-corrected chi connectivity index (χ0v) is 16.1. The molecule has 0 amide bonds. The fourth-order valence-corrected chi connectivity index (χ4v) is 5.88. The van der Waals surface area contributed by atoms with E-state index in [1.54, 1.807) is 24.9 Å². The first-order valence-electron chi connectivity index (χ1n) is 6.99. The Morgan fingerprint density at radius 1 is 1.29 bits per heavy atom. The van der Waals surface area contributed by atoms with Crippen molar-refractivity contribution in [2.45, 2.75) is 22.6 Å². The molecule has 0 unspecified atom stereocenters. The van der Waals surface area contributed by atoms with Gasteiger partial charge >= 0.3 is 4.87 Å². The van der Waals surface area contributed by atoms with E-state index in [4.69, 9.17) is 0 Å². The number of hydrogen-bond acceptors (Lipinski definition) is 8. The highest BCUT2D eigenvalue weighted by atomic mass is 32.2. The monoisotopic (exact) mass is 402 g/mol. The van der Waals surface area contributed by atoms with Crippen LogP contribution in [0.15, 0.2) is 32.2 Å². The minimum absolute atomic E-state index is 0.0924. The van der Waals surface area contributed by atoms with E-state index in [2.05, 4.69) is 21.8 Å². The van der Waals surface area contributed by atoms with Crippen molar-refractivity contribution in [3.8, 4) is 0 Å². The molecule has 0 aliphatic heterocycles. The number of aromatic nitrogens is 3. The summed E-state index contributed by atoms with van der Waals surface area (Å²) < 4.78 is 30.3. The fourth-order valence-electron chi connectivity index (χ4n) is 1.95. The Hall–Kier alpha value is -1.43. The molecule has 0 saturated heterocycles. The second-order valence-electron chi connectivity index (χ2n) is 4.88. The second-order valence-corrected chi connectivity index (χ2v) is 9.88. The molecule has 1 N–H and O–H groups in total. The number of sulfonamides is 1. The van der Waals surface area contributed by atoms with Crippen LogP contribution in [0.1, 0.15) is 13.3 Å². The van der Waals surface area contributed by atoms with E-state index in [1.165, 1.54) is 28.0 Å². The average molecular weight is 403 g/mol. The Bertz CT molecular complexity index is 1040. The molecule has 0 radical (unpaired) electrons. The van der Waals surface area contributed by atoms with Crippen LogP contribution in [0, 0.1) is 0 Å². The third-order valence-electron chi connectivity index (χ3n) is 3.13. The van der Waals surface area contributed by atoms with E-state index in [9.17, 15) is 13.2 Å². The normalized spacial score (nSPS) is 11.9. The lowest BCUT2D eigenvalue weighted by molar-refractivity contribution is 0.601. The lowest BCUT2D eigenvalue weighted by Gasteiger charge is -2.04. The molecule has 0 saturated carbocycles. The number of hydrogen-bond donors (Lipinski definition) is 1. The Kier molecular flexibility index (Phi) is 4.95. The molecular weight excluding hydrogens is 388 g/mol. The van der Waals surface area contributed by atoms with Gasteiger partial charge in [-0.15, -0.1) is 10.2 Å². The molecule has 3 aromatic rings. The molecule has 0 bridgehead atoms. The largest absolute Gasteiger partial charge is 0.307 e. The number of aryl methyl sites for hydroxylation is 1. The third kappa shape index (κ3) is 3.48. The zero-order valence-electron chi connectivity index (χ0n) is 12.8. The van der Waals surface area contributed by atoms with E-state index in [0.29, 0.717) is 10.2 Å². The van der Waals surface area contributed by atoms with E-state index < -0.39 is 10.0 Å². The summed E-state index contributed by atoms with van der Waals surface area (Å²) in [5, 5.41) is 8.06. The van der Waals surface area contributed by atoms with Gasteiger partial charge < -0.3 is 4.57 Å². The molecule has 0 fully saturated rings. The summed E-state index contributed by atoms with van der Waals surface area (Å²) in [4.78, 5) is 11.6. The Balaban J connectivity index is 1.87. The van der Waals surface area contributed by atoms with Gasteiger partial charge in [0, 0.05) is 12.8 Å². The van der Waals surface area contributed by atoms with E-state index >= 15 is 0 Å². The van der Waals surface area contributed by atoms with Crippen molar-refractivity contribution in [3.63, 3.8) is 0 Å². The highest BCUT2D eigenvalue weighted by Gasteiger charge is 2.18. The summed E-state index contributed by atoms with van der Waals surface area (Å²) in [5.41, 5.74) is 0.707. The van der Waals surface area contributed by atoms with Gasteiger partial charge in [-0.3, -0.25) is 9.52 Å². The Labute approximate surface area is 150 Å². The van der Waals surface area contributed by atoms with E-state index in [1.807, 2.05) is 0 Å². The minimum Gasteiger partial charge on any atom is -0.302 e. The third-order valence-corrected chi connectivity index (χ3v) is 7.77. The molecule has 0 aliphatic rings. The van der Waals surface area contributed by atoms with Crippen LogP contribution >= 0.6 is 34.4 Å². The molecule has 3 rings (SSSR count). The highest BCUT2D eigenvalue weighted by molar-refractivity contribution is 8.01. The van der Waals surface area contributed by atoms with Crippen LogP contribution in [0.5, 0.6) is 0 Å². The van der Waals surface area contributed by atoms with Gasteiger partial charge in [-0.2, -0.15) is 0 Å². The lowest BCUT2D eigenvalue weighted by atomic mass is 10.3. The van der Waals surface area contributed by atoms with Gasteiger partial charge in [-0.1, -0.05) is 41.4 Å². The molecule has 24 heavy (non-hydrogen) atoms. The highest BCUT2D eigenvalue weighted by Crippen LogP contribution is 2.28. The van der Waals surface area contributed by atoms with Crippen molar-refractivity contribution in [2.75, 3.05) is 10.5 Å². The number of anilines is 1. The van der Waals surface area contributed by atoms with Crippen LogP contribution in [0.3, 0.4) is 0 Å². The summed E-state index contributed by atoms with van der Waals surface area (Å²) in [6, 6.07) is 4.60. The van der Waals surface area contributed by atoms with E-state index in [-0.39, 0.29) is 14.9 Å². The fraction of sp³-hybridized carbons (Fsp3) is 0.308. The molecule has 0 spiro atoms. The number of nitrogens with one attached hydrogen (secondary N) is 1. The molecule has 7 nitrogen and oxygen atoms in total. The number of benzene rings is 1. The quantitative estimate of drug-likeness (QED) is 0.637.